The van der Waals surface area contributed by atoms with E-state index in [-0.39, 0.29) is 17.4 Å². The molecule has 0 fully saturated rings. The number of benzene rings is 1. The average Bonchev–Trinajstić information content (AvgIpc) is 3.10. The van der Waals surface area contributed by atoms with Crippen molar-refractivity contribution in [2.24, 2.45) is 5.92 Å². The third-order valence-corrected chi connectivity index (χ3v) is 4.01. The fraction of sp³-hybridized carbons (Fsp3) is 0.333. The zero-order valence-corrected chi connectivity index (χ0v) is 14.2. The van der Waals surface area contributed by atoms with Crippen molar-refractivity contribution in [1.82, 2.24) is 20.3 Å². The molecule has 2 heterocycles. The maximum absolute atomic E-state index is 12.7. The first-order chi connectivity index (χ1) is 12.1. The number of aromatic nitrogens is 3. The van der Waals surface area contributed by atoms with Crippen molar-refractivity contribution in [1.29, 1.82) is 0 Å². The molecule has 1 atom stereocenters. The summed E-state index contributed by atoms with van der Waals surface area (Å²) in [5.74, 6) is 0.425. The Bertz CT molecular complexity index is 915. The molecule has 1 amide bonds. The van der Waals surface area contributed by atoms with Crippen LogP contribution in [0.1, 0.15) is 25.6 Å². The van der Waals surface area contributed by atoms with E-state index in [4.69, 9.17) is 4.42 Å². The number of hydrogen-bond donors (Lipinski definition) is 1. The Labute approximate surface area is 144 Å². The van der Waals surface area contributed by atoms with Crippen molar-refractivity contribution in [3.05, 3.63) is 58.8 Å². The number of carbonyl (C=O) groups excluding carboxylic acids is 1. The van der Waals surface area contributed by atoms with Gasteiger partial charge in [0.15, 0.2) is 0 Å². The normalized spacial score (nSPS) is 12.4. The van der Waals surface area contributed by atoms with Crippen molar-refractivity contribution in [2.75, 3.05) is 6.54 Å². The lowest BCUT2D eigenvalue weighted by Crippen LogP contribution is -2.42. The Morgan fingerprint density at radius 2 is 2.04 bits per heavy atom. The smallest absolute Gasteiger partial charge is 0.278 e. The largest absolute Gasteiger partial charge is 0.469 e. The summed E-state index contributed by atoms with van der Waals surface area (Å²) in [7, 11) is 0. The Morgan fingerprint density at radius 1 is 1.24 bits per heavy atom. The van der Waals surface area contributed by atoms with Crippen LogP contribution in [0.25, 0.3) is 10.9 Å². The molecular weight excluding hydrogens is 320 g/mol. The molecule has 0 saturated heterocycles. The Kier molecular flexibility index (Phi) is 4.92. The Hall–Kier alpha value is -2.96. The molecule has 1 N–H and O–H groups in total. The summed E-state index contributed by atoms with van der Waals surface area (Å²) < 4.78 is 6.42. The molecule has 7 nitrogen and oxygen atoms in total. The van der Waals surface area contributed by atoms with Gasteiger partial charge in [0, 0.05) is 13.0 Å². The molecule has 0 aliphatic heterocycles. The van der Waals surface area contributed by atoms with Gasteiger partial charge in [-0.05, 0) is 30.2 Å². The first-order valence-corrected chi connectivity index (χ1v) is 8.22. The van der Waals surface area contributed by atoms with Gasteiger partial charge in [0.1, 0.15) is 17.3 Å². The van der Waals surface area contributed by atoms with Crippen LogP contribution >= 0.6 is 0 Å². The van der Waals surface area contributed by atoms with Crippen molar-refractivity contribution >= 4 is 16.8 Å². The maximum Gasteiger partial charge on any atom is 0.278 e. The summed E-state index contributed by atoms with van der Waals surface area (Å²) >= 11 is 0. The molecule has 0 saturated carbocycles. The van der Waals surface area contributed by atoms with E-state index >= 15 is 0 Å². The van der Waals surface area contributed by atoms with Gasteiger partial charge in [-0.15, -0.1) is 5.10 Å². The Morgan fingerprint density at radius 3 is 2.76 bits per heavy atom. The van der Waals surface area contributed by atoms with Crippen molar-refractivity contribution in [2.45, 2.75) is 26.3 Å². The molecule has 3 aromatic rings. The van der Waals surface area contributed by atoms with Gasteiger partial charge in [-0.25, -0.2) is 0 Å². The Balaban J connectivity index is 1.82. The average molecular weight is 340 g/mol. The minimum absolute atomic E-state index is 0.114. The highest BCUT2D eigenvalue weighted by atomic mass is 16.3. The second-order valence-electron chi connectivity index (χ2n) is 6.17. The van der Waals surface area contributed by atoms with Crippen LogP contribution in [0.4, 0.5) is 0 Å². The van der Waals surface area contributed by atoms with Gasteiger partial charge in [0.25, 0.3) is 5.56 Å². The zero-order chi connectivity index (χ0) is 17.8. The molecule has 130 valence electrons. The molecule has 25 heavy (non-hydrogen) atoms. The quantitative estimate of drug-likeness (QED) is 0.740. The van der Waals surface area contributed by atoms with Gasteiger partial charge in [0.05, 0.1) is 11.6 Å². The molecule has 0 aliphatic rings. The van der Waals surface area contributed by atoms with Gasteiger partial charge < -0.3 is 9.73 Å². The third kappa shape index (κ3) is 3.60. The minimum Gasteiger partial charge on any atom is -0.469 e. The molecular formula is C18H20N4O3. The van der Waals surface area contributed by atoms with Gasteiger partial charge >= 0.3 is 0 Å². The number of nitrogens with zero attached hydrogens (tertiary/aromatic N) is 3. The van der Waals surface area contributed by atoms with Crippen LogP contribution in [0.5, 0.6) is 0 Å². The minimum atomic E-state index is -0.721. The molecule has 7 heteroatoms. The van der Waals surface area contributed by atoms with Crippen LogP contribution in [0, 0.1) is 5.92 Å². The predicted molar refractivity (Wildman–Crippen MR) is 93.1 cm³/mol. The molecule has 0 aliphatic carbocycles. The molecule has 0 bridgehead atoms. The highest BCUT2D eigenvalue weighted by Gasteiger charge is 2.27. The lowest BCUT2D eigenvalue weighted by Gasteiger charge is -2.21. The van der Waals surface area contributed by atoms with E-state index in [1.807, 2.05) is 19.9 Å². The third-order valence-electron chi connectivity index (χ3n) is 4.01. The van der Waals surface area contributed by atoms with Crippen molar-refractivity contribution in [3.8, 4) is 0 Å². The van der Waals surface area contributed by atoms with E-state index in [0.717, 1.165) is 5.76 Å². The lowest BCUT2D eigenvalue weighted by molar-refractivity contribution is -0.126. The van der Waals surface area contributed by atoms with Gasteiger partial charge in [-0.3, -0.25) is 9.59 Å². The summed E-state index contributed by atoms with van der Waals surface area (Å²) in [6.07, 6.45) is 2.18. The topological polar surface area (TPSA) is 90.0 Å². The predicted octanol–water partition coefficient (Wildman–Crippen LogP) is 1.94. The first kappa shape index (κ1) is 16.9. The summed E-state index contributed by atoms with van der Waals surface area (Å²) in [6, 6.07) is 9.91. The summed E-state index contributed by atoms with van der Waals surface area (Å²) in [4.78, 5) is 25.3. The van der Waals surface area contributed by atoms with Crippen LogP contribution in [0.2, 0.25) is 0 Å². The van der Waals surface area contributed by atoms with E-state index in [1.165, 1.54) is 4.68 Å². The fourth-order valence-corrected chi connectivity index (χ4v) is 2.75. The molecule has 3 rings (SSSR count). The molecule has 0 unspecified atom stereocenters. The standard InChI is InChI=1S/C18H20N4O3/c1-12(2)16(17(23)19-10-9-13-6-5-11-25-13)22-18(24)14-7-3-4-8-15(14)20-21-22/h3-8,11-12,16H,9-10H2,1-2H3,(H,19,23)/t16-/m1/s1. The van der Waals surface area contributed by atoms with Crippen LogP contribution < -0.4 is 10.9 Å². The van der Waals surface area contributed by atoms with Crippen molar-refractivity contribution < 1.29 is 9.21 Å². The van der Waals surface area contributed by atoms with E-state index < -0.39 is 6.04 Å². The van der Waals surface area contributed by atoms with Gasteiger partial charge in [-0.1, -0.05) is 31.2 Å². The van der Waals surface area contributed by atoms with Gasteiger partial charge in [-0.2, -0.15) is 4.68 Å². The maximum atomic E-state index is 12.7. The highest BCUT2D eigenvalue weighted by molar-refractivity contribution is 5.81. The fourth-order valence-electron chi connectivity index (χ4n) is 2.75. The number of fused-ring (bicyclic) bond motifs is 1. The lowest BCUT2D eigenvalue weighted by atomic mass is 10.0. The molecule has 0 spiro atoms. The van der Waals surface area contributed by atoms with E-state index in [0.29, 0.717) is 23.9 Å². The number of hydrogen-bond acceptors (Lipinski definition) is 5. The second kappa shape index (κ2) is 7.29. The summed E-state index contributed by atoms with van der Waals surface area (Å²) in [5, 5.41) is 11.3. The van der Waals surface area contributed by atoms with Crippen LogP contribution in [-0.2, 0) is 11.2 Å². The molecule has 2 aromatic heterocycles. The SMILES string of the molecule is CC(C)[C@H](C(=O)NCCc1ccco1)n1nnc2ccccc2c1=O. The van der Waals surface area contributed by atoms with E-state index in [1.54, 1.807) is 36.6 Å². The number of nitrogens with one attached hydrogen (secondary N) is 1. The van der Waals surface area contributed by atoms with Crippen LogP contribution in [0.15, 0.2) is 51.9 Å². The van der Waals surface area contributed by atoms with Crippen LogP contribution in [-0.4, -0.2) is 27.4 Å². The monoisotopic (exact) mass is 340 g/mol. The van der Waals surface area contributed by atoms with E-state index in [9.17, 15) is 9.59 Å². The van der Waals surface area contributed by atoms with Crippen LogP contribution in [0.3, 0.4) is 0 Å². The number of carbonyl (C=O) groups is 1. The van der Waals surface area contributed by atoms with Gasteiger partial charge in [0.2, 0.25) is 5.91 Å². The molecule has 1 aromatic carbocycles. The number of furan rings is 1. The number of amides is 1. The highest BCUT2D eigenvalue weighted by Crippen LogP contribution is 2.16. The number of rotatable bonds is 6. The van der Waals surface area contributed by atoms with Crippen molar-refractivity contribution in [3.63, 3.8) is 0 Å². The van der Waals surface area contributed by atoms with E-state index in [2.05, 4.69) is 15.6 Å². The first-order valence-electron chi connectivity index (χ1n) is 8.22. The zero-order valence-electron chi connectivity index (χ0n) is 14.2. The second-order valence-corrected chi connectivity index (χ2v) is 6.17. The summed E-state index contributed by atoms with van der Waals surface area (Å²) in [5.41, 5.74) is 0.204. The summed E-state index contributed by atoms with van der Waals surface area (Å²) in [6.45, 7) is 4.17. The molecule has 0 radical (unpaired) electrons.